The number of benzene rings is 2. The topological polar surface area (TPSA) is 12.0 Å². The molecule has 0 aliphatic rings. The van der Waals surface area contributed by atoms with E-state index >= 15 is 0 Å². The van der Waals surface area contributed by atoms with Crippen LogP contribution in [0.4, 0.5) is 0 Å². The van der Waals surface area contributed by atoms with Crippen molar-refractivity contribution in [2.24, 2.45) is 0 Å². The van der Waals surface area contributed by atoms with E-state index in [4.69, 9.17) is 23.8 Å². The summed E-state index contributed by atoms with van der Waals surface area (Å²) in [5, 5.41) is 4.86. The van der Waals surface area contributed by atoms with Gasteiger partial charge >= 0.3 is 0 Å². The lowest BCUT2D eigenvalue weighted by atomic mass is 10.1. The first-order valence-electron chi connectivity index (χ1n) is 6.12. The number of hydrogen-bond acceptors (Lipinski definition) is 3. The number of allylic oxidation sites excluding steroid dienone is 1. The van der Waals surface area contributed by atoms with Crippen LogP contribution >= 0.6 is 35.6 Å². The number of halogens is 1. The van der Waals surface area contributed by atoms with E-state index in [0.29, 0.717) is 0 Å². The highest BCUT2D eigenvalue weighted by Gasteiger charge is 2.05. The summed E-state index contributed by atoms with van der Waals surface area (Å²) >= 11 is 13.2. The molecule has 0 radical (unpaired) electrons. The third-order valence-electron chi connectivity index (χ3n) is 2.62. The van der Waals surface area contributed by atoms with Gasteiger partial charge in [0.15, 0.2) is 0 Å². The summed E-state index contributed by atoms with van der Waals surface area (Å²) in [6, 6.07) is 17.7. The molecule has 2 rings (SSSR count). The van der Waals surface area contributed by atoms with Crippen LogP contribution in [0.3, 0.4) is 0 Å². The lowest BCUT2D eigenvalue weighted by molar-refractivity contribution is 1.08. The molecule has 0 fully saturated rings. The standard InChI is InChI=1S/C16H14ClNS2/c1-18-16(20-15-10-6-5-9-13(15)17)11-14(19)12-7-3-2-4-8-12/h2-11,18H,1H3/b16-11+. The second-order valence-electron chi connectivity index (χ2n) is 4.02. The van der Waals surface area contributed by atoms with Crippen molar-refractivity contribution in [3.8, 4) is 0 Å². The van der Waals surface area contributed by atoms with Crippen LogP contribution in [0.1, 0.15) is 5.56 Å². The molecule has 0 saturated carbocycles. The summed E-state index contributed by atoms with van der Waals surface area (Å²) in [6.07, 6.45) is 1.96. The Kier molecular flexibility index (Phi) is 5.65. The van der Waals surface area contributed by atoms with Crippen LogP contribution in [0.2, 0.25) is 5.02 Å². The smallest absolute Gasteiger partial charge is 0.0742 e. The Morgan fingerprint density at radius 3 is 2.40 bits per heavy atom. The highest BCUT2D eigenvalue weighted by atomic mass is 35.5. The minimum Gasteiger partial charge on any atom is -0.383 e. The summed E-state index contributed by atoms with van der Waals surface area (Å²) in [5.74, 6) is 0. The molecule has 2 aromatic rings. The molecule has 0 aliphatic carbocycles. The number of hydrogen-bond donors (Lipinski definition) is 1. The molecule has 2 aromatic carbocycles. The zero-order valence-electron chi connectivity index (χ0n) is 11.0. The third-order valence-corrected chi connectivity index (χ3v) is 4.54. The quantitative estimate of drug-likeness (QED) is 0.364. The molecule has 0 aromatic heterocycles. The molecule has 0 bridgehead atoms. The monoisotopic (exact) mass is 319 g/mol. The van der Waals surface area contributed by atoms with Gasteiger partial charge in [-0.2, -0.15) is 0 Å². The fourth-order valence-corrected chi connectivity index (χ4v) is 3.01. The molecule has 20 heavy (non-hydrogen) atoms. The second kappa shape index (κ2) is 7.48. The SMILES string of the molecule is CN/C(=C\C(=S)c1ccccc1)Sc1ccccc1Cl. The minimum atomic E-state index is 0.740. The zero-order valence-corrected chi connectivity index (χ0v) is 13.4. The van der Waals surface area contributed by atoms with Crippen molar-refractivity contribution in [2.45, 2.75) is 4.90 Å². The van der Waals surface area contributed by atoms with E-state index in [1.807, 2.05) is 67.7 Å². The molecule has 0 atom stereocenters. The van der Waals surface area contributed by atoms with E-state index in [9.17, 15) is 0 Å². The predicted molar refractivity (Wildman–Crippen MR) is 92.6 cm³/mol. The van der Waals surface area contributed by atoms with E-state index in [2.05, 4.69) is 5.32 Å². The fraction of sp³-hybridized carbons (Fsp3) is 0.0625. The van der Waals surface area contributed by atoms with E-state index in [-0.39, 0.29) is 0 Å². The molecule has 0 spiro atoms. The number of thioether (sulfide) groups is 1. The first kappa shape index (κ1) is 15.1. The molecule has 4 heteroatoms. The summed E-state index contributed by atoms with van der Waals surface area (Å²) in [4.78, 5) is 1.81. The van der Waals surface area contributed by atoms with Gasteiger partial charge < -0.3 is 5.32 Å². The van der Waals surface area contributed by atoms with Crippen LogP contribution in [0.25, 0.3) is 0 Å². The van der Waals surface area contributed by atoms with Crippen LogP contribution in [0.5, 0.6) is 0 Å². The average molecular weight is 320 g/mol. The van der Waals surface area contributed by atoms with Gasteiger partial charge in [-0.1, -0.05) is 78.0 Å². The maximum atomic E-state index is 6.17. The number of nitrogens with one attached hydrogen (secondary N) is 1. The second-order valence-corrected chi connectivity index (χ2v) is 5.95. The first-order chi connectivity index (χ1) is 9.70. The number of rotatable bonds is 5. The Balaban J connectivity index is 2.18. The van der Waals surface area contributed by atoms with Gasteiger partial charge in [0.05, 0.1) is 10.1 Å². The van der Waals surface area contributed by atoms with Crippen LogP contribution in [-0.4, -0.2) is 11.9 Å². The van der Waals surface area contributed by atoms with Crippen molar-refractivity contribution in [2.75, 3.05) is 7.05 Å². The zero-order chi connectivity index (χ0) is 14.4. The largest absolute Gasteiger partial charge is 0.383 e. The van der Waals surface area contributed by atoms with Gasteiger partial charge in [-0.15, -0.1) is 0 Å². The highest BCUT2D eigenvalue weighted by molar-refractivity contribution is 8.03. The number of thiocarbonyl (C=S) groups is 1. The summed E-state index contributed by atoms with van der Waals surface area (Å²) in [5.41, 5.74) is 1.04. The van der Waals surface area contributed by atoms with E-state index in [0.717, 1.165) is 25.4 Å². The van der Waals surface area contributed by atoms with Gasteiger partial charge in [-0.05, 0) is 23.8 Å². The first-order valence-corrected chi connectivity index (χ1v) is 7.72. The normalized spacial score (nSPS) is 11.2. The van der Waals surface area contributed by atoms with Crippen molar-refractivity contribution in [3.05, 3.63) is 76.3 Å². The molecule has 1 nitrogen and oxygen atoms in total. The molecule has 0 saturated heterocycles. The van der Waals surface area contributed by atoms with Gasteiger partial charge in [-0.3, -0.25) is 0 Å². The van der Waals surface area contributed by atoms with Gasteiger partial charge in [0.25, 0.3) is 0 Å². The maximum Gasteiger partial charge on any atom is 0.0742 e. The van der Waals surface area contributed by atoms with Crippen LogP contribution in [0.15, 0.2) is 70.6 Å². The Morgan fingerprint density at radius 2 is 1.75 bits per heavy atom. The summed E-state index contributed by atoms with van der Waals surface area (Å²) in [6.45, 7) is 0. The lowest BCUT2D eigenvalue weighted by Crippen LogP contribution is -2.05. The summed E-state index contributed by atoms with van der Waals surface area (Å²) in [7, 11) is 1.88. The summed E-state index contributed by atoms with van der Waals surface area (Å²) < 4.78 is 0. The van der Waals surface area contributed by atoms with Crippen molar-refractivity contribution >= 4 is 40.4 Å². The Morgan fingerprint density at radius 1 is 1.10 bits per heavy atom. The van der Waals surface area contributed by atoms with Gasteiger partial charge in [0.1, 0.15) is 0 Å². The third kappa shape index (κ3) is 4.10. The molecular formula is C16H14ClNS2. The van der Waals surface area contributed by atoms with E-state index < -0.39 is 0 Å². The van der Waals surface area contributed by atoms with Gasteiger partial charge in [-0.25, -0.2) is 0 Å². The molecular weight excluding hydrogens is 306 g/mol. The minimum absolute atomic E-state index is 0.740. The van der Waals surface area contributed by atoms with Crippen molar-refractivity contribution in [1.82, 2.24) is 5.32 Å². The van der Waals surface area contributed by atoms with Crippen molar-refractivity contribution in [1.29, 1.82) is 0 Å². The highest BCUT2D eigenvalue weighted by Crippen LogP contribution is 2.31. The Hall–Kier alpha value is -1.29. The van der Waals surface area contributed by atoms with Crippen LogP contribution < -0.4 is 5.32 Å². The predicted octanol–water partition coefficient (Wildman–Crippen LogP) is 4.91. The van der Waals surface area contributed by atoms with E-state index in [1.54, 1.807) is 11.8 Å². The van der Waals surface area contributed by atoms with Gasteiger partial charge in [0, 0.05) is 16.8 Å². The Bertz CT molecular complexity index is 623. The fourth-order valence-electron chi connectivity index (χ4n) is 1.60. The lowest BCUT2D eigenvalue weighted by Gasteiger charge is -2.08. The van der Waals surface area contributed by atoms with Crippen LogP contribution in [0, 0.1) is 0 Å². The van der Waals surface area contributed by atoms with Crippen molar-refractivity contribution < 1.29 is 0 Å². The van der Waals surface area contributed by atoms with Crippen LogP contribution in [-0.2, 0) is 0 Å². The molecule has 0 heterocycles. The molecule has 0 unspecified atom stereocenters. The molecule has 0 amide bonds. The average Bonchev–Trinajstić information content (AvgIpc) is 2.49. The molecule has 0 aliphatic heterocycles. The molecule has 102 valence electrons. The Labute approximate surface area is 134 Å². The van der Waals surface area contributed by atoms with Crippen molar-refractivity contribution in [3.63, 3.8) is 0 Å². The molecule has 1 N–H and O–H groups in total. The van der Waals surface area contributed by atoms with E-state index in [1.165, 1.54) is 0 Å². The van der Waals surface area contributed by atoms with Gasteiger partial charge in [0.2, 0.25) is 0 Å². The maximum absolute atomic E-state index is 6.17.